The summed E-state index contributed by atoms with van der Waals surface area (Å²) in [4.78, 5) is 4.26. The zero-order valence-corrected chi connectivity index (χ0v) is 11.9. The maximum atomic E-state index is 14.2. The minimum atomic E-state index is -0.648. The minimum absolute atomic E-state index is 0.238. The zero-order chi connectivity index (χ0) is 14.0. The number of hydrogen-bond acceptors (Lipinski definition) is 3. The van der Waals surface area contributed by atoms with Gasteiger partial charge in [0, 0.05) is 24.7 Å². The number of nitrogens with zero attached hydrogens (tertiary/aromatic N) is 2. The van der Waals surface area contributed by atoms with Gasteiger partial charge in [0.05, 0.1) is 11.8 Å². The van der Waals surface area contributed by atoms with Crippen molar-refractivity contribution in [3.05, 3.63) is 29.6 Å². The van der Waals surface area contributed by atoms with E-state index in [4.69, 9.17) is 0 Å². The molecule has 0 radical (unpaired) electrons. The molecular weight excluding hydrogens is 243 g/mol. The normalized spacial score (nSPS) is 21.8. The van der Waals surface area contributed by atoms with E-state index >= 15 is 0 Å². The summed E-state index contributed by atoms with van der Waals surface area (Å²) in [6, 6.07) is 5.38. The highest BCUT2D eigenvalue weighted by atomic mass is 19.1. The molecule has 1 aromatic rings. The molecule has 0 aromatic heterocycles. The van der Waals surface area contributed by atoms with Gasteiger partial charge in [-0.15, -0.1) is 0 Å². The third-order valence-corrected chi connectivity index (χ3v) is 3.91. The van der Waals surface area contributed by atoms with Crippen LogP contribution in [0.1, 0.15) is 31.4 Å². The molecule has 1 aromatic carbocycles. The lowest BCUT2D eigenvalue weighted by Gasteiger charge is -2.38. The van der Waals surface area contributed by atoms with Crippen molar-refractivity contribution in [2.45, 2.75) is 31.9 Å². The van der Waals surface area contributed by atoms with E-state index in [9.17, 15) is 9.50 Å². The summed E-state index contributed by atoms with van der Waals surface area (Å²) in [5.74, 6) is -0.238. The summed E-state index contributed by atoms with van der Waals surface area (Å²) in [5.41, 5.74) is 1.25. The van der Waals surface area contributed by atoms with Crippen LogP contribution < -0.4 is 4.90 Å². The minimum Gasteiger partial charge on any atom is -0.389 e. The van der Waals surface area contributed by atoms with Crippen molar-refractivity contribution in [1.82, 2.24) is 4.90 Å². The van der Waals surface area contributed by atoms with Gasteiger partial charge in [-0.05, 0) is 39.9 Å². The Morgan fingerprint density at radius 1 is 1.42 bits per heavy atom. The van der Waals surface area contributed by atoms with Gasteiger partial charge < -0.3 is 14.9 Å². The van der Waals surface area contributed by atoms with Crippen molar-refractivity contribution in [1.29, 1.82) is 0 Å². The van der Waals surface area contributed by atoms with Crippen molar-refractivity contribution in [2.75, 3.05) is 32.1 Å². The van der Waals surface area contributed by atoms with Gasteiger partial charge in [-0.1, -0.05) is 12.1 Å². The highest BCUT2D eigenvalue weighted by Gasteiger charge is 2.25. The van der Waals surface area contributed by atoms with Crippen LogP contribution in [0.4, 0.5) is 10.1 Å². The average molecular weight is 266 g/mol. The molecule has 1 unspecified atom stereocenters. The van der Waals surface area contributed by atoms with Gasteiger partial charge in [-0.2, -0.15) is 0 Å². The van der Waals surface area contributed by atoms with Crippen LogP contribution in [0, 0.1) is 5.82 Å². The fourth-order valence-corrected chi connectivity index (χ4v) is 2.78. The van der Waals surface area contributed by atoms with Crippen LogP contribution in [0.2, 0.25) is 0 Å². The smallest absolute Gasteiger partial charge is 0.146 e. The molecule has 0 aliphatic carbocycles. The van der Waals surface area contributed by atoms with Gasteiger partial charge in [0.15, 0.2) is 0 Å². The number of likely N-dealkylation sites (N-methyl/N-ethyl adjacent to an activating group) is 1. The third-order valence-electron chi connectivity index (χ3n) is 3.91. The van der Waals surface area contributed by atoms with Gasteiger partial charge >= 0.3 is 0 Å². The molecule has 1 heterocycles. The molecule has 0 spiro atoms. The van der Waals surface area contributed by atoms with E-state index in [-0.39, 0.29) is 5.82 Å². The van der Waals surface area contributed by atoms with Gasteiger partial charge in [-0.25, -0.2) is 4.39 Å². The predicted octanol–water partition coefficient (Wildman–Crippen LogP) is 2.41. The number of rotatable bonds is 3. The lowest BCUT2D eigenvalue weighted by atomic mass is 10.0. The molecule has 4 heteroatoms. The van der Waals surface area contributed by atoms with E-state index in [0.717, 1.165) is 25.9 Å². The van der Waals surface area contributed by atoms with Crippen molar-refractivity contribution in [3.63, 3.8) is 0 Å². The fraction of sp³-hybridized carbons (Fsp3) is 0.600. The number of aliphatic hydroxyl groups is 1. The fourth-order valence-electron chi connectivity index (χ4n) is 2.78. The zero-order valence-electron chi connectivity index (χ0n) is 11.9. The van der Waals surface area contributed by atoms with Gasteiger partial charge in [0.25, 0.3) is 0 Å². The molecule has 0 bridgehead atoms. The Bertz CT molecular complexity index is 434. The summed E-state index contributed by atoms with van der Waals surface area (Å²) < 4.78 is 14.2. The Hall–Kier alpha value is -1.13. The van der Waals surface area contributed by atoms with Crippen molar-refractivity contribution in [3.8, 4) is 0 Å². The van der Waals surface area contributed by atoms with E-state index in [1.807, 2.05) is 6.07 Å². The number of anilines is 1. The van der Waals surface area contributed by atoms with Crippen molar-refractivity contribution >= 4 is 5.69 Å². The number of para-hydroxylation sites is 1. The summed E-state index contributed by atoms with van der Waals surface area (Å²) in [5, 5.41) is 9.83. The standard InChI is InChI=1S/C15H23FN2O/c1-11(19)13-7-4-8-14(16)15(13)18-9-5-6-12(10-18)17(2)3/h4,7-8,11-12,19H,5-6,9-10H2,1-3H3/t11-,12?/m1/s1. The number of piperidine rings is 1. The number of hydrogen-bond donors (Lipinski definition) is 1. The molecule has 0 saturated carbocycles. The van der Waals surface area contributed by atoms with E-state index in [2.05, 4.69) is 23.9 Å². The molecule has 19 heavy (non-hydrogen) atoms. The van der Waals surface area contributed by atoms with Crippen LogP contribution in [0.25, 0.3) is 0 Å². The predicted molar refractivity (Wildman–Crippen MR) is 76.0 cm³/mol. The first-order valence-corrected chi connectivity index (χ1v) is 6.88. The first kappa shape index (κ1) is 14.3. The summed E-state index contributed by atoms with van der Waals surface area (Å²) >= 11 is 0. The van der Waals surface area contributed by atoms with Crippen LogP contribution in [0.15, 0.2) is 18.2 Å². The van der Waals surface area contributed by atoms with E-state index in [1.165, 1.54) is 6.07 Å². The second-order valence-electron chi connectivity index (χ2n) is 5.56. The molecule has 1 aliphatic heterocycles. The molecule has 3 nitrogen and oxygen atoms in total. The summed E-state index contributed by atoms with van der Waals surface area (Å²) in [6.45, 7) is 3.35. The Balaban J connectivity index is 2.30. The second kappa shape index (κ2) is 5.88. The monoisotopic (exact) mass is 266 g/mol. The number of halogens is 1. The molecule has 2 rings (SSSR count). The second-order valence-corrected chi connectivity index (χ2v) is 5.56. The van der Waals surface area contributed by atoms with E-state index in [1.54, 1.807) is 13.0 Å². The molecule has 0 amide bonds. The van der Waals surface area contributed by atoms with Crippen LogP contribution in [0.3, 0.4) is 0 Å². The third kappa shape index (κ3) is 3.07. The van der Waals surface area contributed by atoms with Crippen LogP contribution in [-0.2, 0) is 0 Å². The molecule has 1 N–H and O–H groups in total. The lowest BCUT2D eigenvalue weighted by molar-refractivity contribution is 0.198. The first-order chi connectivity index (χ1) is 9.00. The largest absolute Gasteiger partial charge is 0.389 e. The molecule has 1 fully saturated rings. The van der Waals surface area contributed by atoms with Gasteiger partial charge in [0.2, 0.25) is 0 Å². The van der Waals surface area contributed by atoms with Crippen molar-refractivity contribution in [2.24, 2.45) is 0 Å². The molecule has 2 atom stereocenters. The topological polar surface area (TPSA) is 26.7 Å². The Morgan fingerprint density at radius 2 is 2.16 bits per heavy atom. The first-order valence-electron chi connectivity index (χ1n) is 6.88. The van der Waals surface area contributed by atoms with Crippen LogP contribution in [0.5, 0.6) is 0 Å². The maximum Gasteiger partial charge on any atom is 0.146 e. The summed E-state index contributed by atoms with van der Waals surface area (Å²) in [6.07, 6.45) is 1.55. The van der Waals surface area contributed by atoms with Crippen LogP contribution in [-0.4, -0.2) is 43.2 Å². The lowest BCUT2D eigenvalue weighted by Crippen LogP contribution is -2.45. The Kier molecular flexibility index (Phi) is 4.42. The van der Waals surface area contributed by atoms with E-state index < -0.39 is 6.10 Å². The molecule has 1 saturated heterocycles. The Morgan fingerprint density at radius 3 is 2.79 bits per heavy atom. The maximum absolute atomic E-state index is 14.2. The van der Waals surface area contributed by atoms with Crippen LogP contribution >= 0.6 is 0 Å². The Labute approximate surface area is 114 Å². The number of aliphatic hydroxyl groups excluding tert-OH is 1. The molecule has 1 aliphatic rings. The highest BCUT2D eigenvalue weighted by molar-refractivity contribution is 5.56. The van der Waals surface area contributed by atoms with E-state index in [0.29, 0.717) is 17.3 Å². The highest BCUT2D eigenvalue weighted by Crippen LogP contribution is 2.31. The molecular formula is C15H23FN2O. The summed E-state index contributed by atoms with van der Waals surface area (Å²) in [7, 11) is 4.12. The van der Waals surface area contributed by atoms with Gasteiger partial charge in [0.1, 0.15) is 5.82 Å². The van der Waals surface area contributed by atoms with Crippen molar-refractivity contribution < 1.29 is 9.50 Å². The average Bonchev–Trinajstić information content (AvgIpc) is 2.38. The SMILES string of the molecule is C[C@@H](O)c1cccc(F)c1N1CCCC(N(C)C)C1. The number of benzene rings is 1. The van der Waals surface area contributed by atoms with Gasteiger partial charge in [-0.3, -0.25) is 0 Å². The molecule has 106 valence electrons. The quantitative estimate of drug-likeness (QED) is 0.910.